The molecule has 0 aliphatic rings. The lowest BCUT2D eigenvalue weighted by molar-refractivity contribution is -0.139. The van der Waals surface area contributed by atoms with Crippen LogP contribution in [-0.4, -0.2) is 56.6 Å². The fourth-order valence-corrected chi connectivity index (χ4v) is 4.37. The average molecular weight is 539 g/mol. The highest BCUT2D eigenvalue weighted by atomic mass is 79.9. The number of benzene rings is 2. The van der Waals surface area contributed by atoms with E-state index in [1.807, 2.05) is 44.2 Å². The summed E-state index contributed by atoms with van der Waals surface area (Å²) in [4.78, 5) is 27.7. The van der Waals surface area contributed by atoms with Crippen LogP contribution in [0, 0.1) is 0 Å². The van der Waals surface area contributed by atoms with Gasteiger partial charge in [-0.25, -0.2) is 8.42 Å². The van der Waals surface area contributed by atoms with Crippen LogP contribution < -0.4 is 9.62 Å². The normalized spacial score (nSPS) is 13.1. The molecule has 2 aromatic rings. The standard InChI is InChI=1S/C24H32BrN3O4S/c1-5-18(2)26-24(30)19(3)27(16-15-20-9-7-6-8-10-20)23(29)17-28(33(4,31)32)22-13-11-21(25)12-14-22/h6-14,18-19H,5,15-17H2,1-4H3,(H,26,30). The van der Waals surface area contributed by atoms with E-state index < -0.39 is 28.5 Å². The van der Waals surface area contributed by atoms with Crippen molar-refractivity contribution in [2.24, 2.45) is 0 Å². The van der Waals surface area contributed by atoms with Gasteiger partial charge in [0.05, 0.1) is 11.9 Å². The van der Waals surface area contributed by atoms with E-state index in [4.69, 9.17) is 0 Å². The highest BCUT2D eigenvalue weighted by Crippen LogP contribution is 2.21. The molecular weight excluding hydrogens is 506 g/mol. The maximum atomic E-state index is 13.4. The van der Waals surface area contributed by atoms with E-state index in [1.165, 1.54) is 4.90 Å². The van der Waals surface area contributed by atoms with Gasteiger partial charge >= 0.3 is 0 Å². The van der Waals surface area contributed by atoms with Gasteiger partial charge in [0.2, 0.25) is 21.8 Å². The second-order valence-electron chi connectivity index (χ2n) is 8.06. The molecule has 2 atom stereocenters. The lowest BCUT2D eigenvalue weighted by atomic mass is 10.1. The first kappa shape index (κ1) is 26.9. The molecule has 33 heavy (non-hydrogen) atoms. The van der Waals surface area contributed by atoms with E-state index >= 15 is 0 Å². The Bertz CT molecular complexity index is 1030. The van der Waals surface area contributed by atoms with Crippen LogP contribution >= 0.6 is 15.9 Å². The molecule has 0 saturated carbocycles. The molecule has 0 aliphatic carbocycles. The summed E-state index contributed by atoms with van der Waals surface area (Å²) in [7, 11) is -3.73. The molecule has 0 heterocycles. The van der Waals surface area contributed by atoms with E-state index in [2.05, 4.69) is 21.2 Å². The summed E-state index contributed by atoms with van der Waals surface area (Å²) in [5.74, 6) is -0.702. The predicted octanol–water partition coefficient (Wildman–Crippen LogP) is 3.59. The molecule has 7 nitrogen and oxygen atoms in total. The molecular formula is C24H32BrN3O4S. The molecule has 0 aliphatic heterocycles. The monoisotopic (exact) mass is 537 g/mol. The Kier molecular flexibility index (Phi) is 9.91. The zero-order chi connectivity index (χ0) is 24.6. The van der Waals surface area contributed by atoms with Crippen molar-refractivity contribution >= 4 is 43.5 Å². The van der Waals surface area contributed by atoms with Gasteiger partial charge in [0.15, 0.2) is 0 Å². The molecule has 1 N–H and O–H groups in total. The van der Waals surface area contributed by atoms with Crippen LogP contribution in [-0.2, 0) is 26.0 Å². The van der Waals surface area contributed by atoms with Gasteiger partial charge in [0, 0.05) is 17.1 Å². The smallest absolute Gasteiger partial charge is 0.244 e. The number of nitrogens with zero attached hydrogens (tertiary/aromatic N) is 2. The number of carbonyl (C=O) groups is 2. The first-order chi connectivity index (χ1) is 15.5. The Balaban J connectivity index is 2.29. The molecule has 180 valence electrons. The maximum absolute atomic E-state index is 13.4. The Morgan fingerprint density at radius 2 is 1.64 bits per heavy atom. The lowest BCUT2D eigenvalue weighted by Gasteiger charge is -2.32. The summed E-state index contributed by atoms with van der Waals surface area (Å²) in [6.07, 6.45) is 2.38. The summed E-state index contributed by atoms with van der Waals surface area (Å²) in [5, 5.41) is 2.91. The summed E-state index contributed by atoms with van der Waals surface area (Å²) in [6.45, 7) is 5.44. The summed E-state index contributed by atoms with van der Waals surface area (Å²) in [6, 6.07) is 15.6. The molecule has 2 amide bonds. The van der Waals surface area contributed by atoms with Crippen LogP contribution in [0.5, 0.6) is 0 Å². The molecule has 0 aromatic heterocycles. The zero-order valence-electron chi connectivity index (χ0n) is 19.5. The molecule has 0 fully saturated rings. The third-order valence-electron chi connectivity index (χ3n) is 5.45. The number of nitrogens with one attached hydrogen (secondary N) is 1. The second kappa shape index (κ2) is 12.2. The van der Waals surface area contributed by atoms with Crippen molar-refractivity contribution in [2.45, 2.75) is 45.7 Å². The Morgan fingerprint density at radius 1 is 1.03 bits per heavy atom. The van der Waals surface area contributed by atoms with Gasteiger partial charge in [-0.1, -0.05) is 53.2 Å². The van der Waals surface area contributed by atoms with Crippen molar-refractivity contribution in [2.75, 3.05) is 23.7 Å². The van der Waals surface area contributed by atoms with Gasteiger partial charge in [-0.05, 0) is 56.5 Å². The number of rotatable bonds is 11. The first-order valence-corrected chi connectivity index (χ1v) is 13.5. The number of hydrogen-bond donors (Lipinski definition) is 1. The minimum Gasteiger partial charge on any atom is -0.352 e. The van der Waals surface area contributed by atoms with Crippen molar-refractivity contribution in [3.63, 3.8) is 0 Å². The fourth-order valence-electron chi connectivity index (χ4n) is 3.26. The van der Waals surface area contributed by atoms with Gasteiger partial charge < -0.3 is 10.2 Å². The minimum atomic E-state index is -3.73. The summed E-state index contributed by atoms with van der Waals surface area (Å²) >= 11 is 3.33. The predicted molar refractivity (Wildman–Crippen MR) is 136 cm³/mol. The SMILES string of the molecule is CCC(C)NC(=O)C(C)N(CCc1ccccc1)C(=O)CN(c1ccc(Br)cc1)S(C)(=O)=O. The van der Waals surface area contributed by atoms with Crippen LogP contribution in [0.25, 0.3) is 0 Å². The third kappa shape index (κ3) is 8.16. The largest absolute Gasteiger partial charge is 0.352 e. The van der Waals surface area contributed by atoms with Crippen molar-refractivity contribution in [3.8, 4) is 0 Å². The van der Waals surface area contributed by atoms with Crippen LogP contribution in [0.2, 0.25) is 0 Å². The van der Waals surface area contributed by atoms with Gasteiger partial charge in [0.1, 0.15) is 12.6 Å². The third-order valence-corrected chi connectivity index (χ3v) is 7.12. The molecule has 2 rings (SSSR count). The van der Waals surface area contributed by atoms with E-state index in [0.717, 1.165) is 27.0 Å². The fraction of sp³-hybridized carbons (Fsp3) is 0.417. The quantitative estimate of drug-likeness (QED) is 0.474. The molecule has 0 radical (unpaired) electrons. The first-order valence-electron chi connectivity index (χ1n) is 10.9. The maximum Gasteiger partial charge on any atom is 0.244 e. The van der Waals surface area contributed by atoms with Gasteiger partial charge in [-0.15, -0.1) is 0 Å². The number of anilines is 1. The van der Waals surface area contributed by atoms with E-state index in [0.29, 0.717) is 12.1 Å². The van der Waals surface area contributed by atoms with Crippen molar-refractivity contribution in [1.82, 2.24) is 10.2 Å². The van der Waals surface area contributed by atoms with Gasteiger partial charge in [-0.2, -0.15) is 0 Å². The van der Waals surface area contributed by atoms with Crippen molar-refractivity contribution < 1.29 is 18.0 Å². The van der Waals surface area contributed by atoms with Gasteiger partial charge in [-0.3, -0.25) is 13.9 Å². The second-order valence-corrected chi connectivity index (χ2v) is 10.9. The van der Waals surface area contributed by atoms with Crippen molar-refractivity contribution in [3.05, 3.63) is 64.6 Å². The van der Waals surface area contributed by atoms with Crippen molar-refractivity contribution in [1.29, 1.82) is 0 Å². The molecule has 2 aromatic carbocycles. The minimum absolute atomic E-state index is 0.0266. The summed E-state index contributed by atoms with van der Waals surface area (Å²) < 4.78 is 26.9. The summed E-state index contributed by atoms with van der Waals surface area (Å²) in [5.41, 5.74) is 1.41. The highest BCUT2D eigenvalue weighted by molar-refractivity contribution is 9.10. The van der Waals surface area contributed by atoms with E-state index in [1.54, 1.807) is 31.2 Å². The molecule has 9 heteroatoms. The Morgan fingerprint density at radius 3 is 2.18 bits per heavy atom. The Labute approximate surface area is 205 Å². The average Bonchev–Trinajstić information content (AvgIpc) is 2.78. The van der Waals surface area contributed by atoms with Crippen LogP contribution in [0.3, 0.4) is 0 Å². The molecule has 0 saturated heterocycles. The Hall–Kier alpha value is -2.39. The number of hydrogen-bond acceptors (Lipinski definition) is 4. The number of carbonyl (C=O) groups excluding carboxylic acids is 2. The molecule has 0 spiro atoms. The number of halogens is 1. The molecule has 0 bridgehead atoms. The number of sulfonamides is 1. The van der Waals surface area contributed by atoms with Crippen LogP contribution in [0.15, 0.2) is 59.1 Å². The van der Waals surface area contributed by atoms with Crippen LogP contribution in [0.4, 0.5) is 5.69 Å². The van der Waals surface area contributed by atoms with E-state index in [9.17, 15) is 18.0 Å². The zero-order valence-corrected chi connectivity index (χ0v) is 21.9. The molecule has 2 unspecified atom stereocenters. The van der Waals surface area contributed by atoms with Crippen LogP contribution in [0.1, 0.15) is 32.8 Å². The van der Waals surface area contributed by atoms with E-state index in [-0.39, 0.29) is 18.5 Å². The topological polar surface area (TPSA) is 86.8 Å². The van der Waals surface area contributed by atoms with Gasteiger partial charge in [0.25, 0.3) is 0 Å². The highest BCUT2D eigenvalue weighted by Gasteiger charge is 2.30. The number of amides is 2. The lowest BCUT2D eigenvalue weighted by Crippen LogP contribution is -2.53.